The number of nitrogens with one attached hydrogen (secondary N) is 1. The van der Waals surface area contributed by atoms with E-state index in [9.17, 15) is 4.79 Å². The summed E-state index contributed by atoms with van der Waals surface area (Å²) in [5, 5.41) is 3.37. The molecule has 0 aromatic carbocycles. The number of nitrogens with zero attached hydrogens (tertiary/aromatic N) is 3. The summed E-state index contributed by atoms with van der Waals surface area (Å²) in [5.74, 6) is 1.32. The molecule has 1 aromatic rings. The lowest BCUT2D eigenvalue weighted by atomic mass is 9.84. The molecule has 1 aliphatic heterocycles. The predicted octanol–water partition coefficient (Wildman–Crippen LogP) is 1.46. The quantitative estimate of drug-likeness (QED) is 0.884. The second-order valence-corrected chi connectivity index (χ2v) is 5.72. The lowest BCUT2D eigenvalue weighted by Gasteiger charge is -2.29. The summed E-state index contributed by atoms with van der Waals surface area (Å²) in [5.41, 5.74) is 0.831. The van der Waals surface area contributed by atoms with Crippen molar-refractivity contribution in [2.45, 2.75) is 32.7 Å². The lowest BCUT2D eigenvalue weighted by molar-refractivity contribution is -0.131. The standard InChI is InChI=1S/C15H24N4O/c1-12(13-3-5-16-6-4-13)9-15(20)19(2)11-14-10-17-7-8-18-14/h7-8,10,12-13,16H,3-6,9,11H2,1-2H3. The van der Waals surface area contributed by atoms with Gasteiger partial charge in [-0.15, -0.1) is 0 Å². The summed E-state index contributed by atoms with van der Waals surface area (Å²) in [7, 11) is 1.84. The van der Waals surface area contributed by atoms with Crippen LogP contribution in [0.5, 0.6) is 0 Å². The average molecular weight is 276 g/mol. The van der Waals surface area contributed by atoms with Crippen molar-refractivity contribution in [2.75, 3.05) is 20.1 Å². The molecule has 20 heavy (non-hydrogen) atoms. The first-order valence-corrected chi connectivity index (χ1v) is 7.36. The highest BCUT2D eigenvalue weighted by atomic mass is 16.2. The normalized spacial score (nSPS) is 17.7. The molecule has 0 bridgehead atoms. The molecule has 0 spiro atoms. The molecule has 1 saturated heterocycles. The van der Waals surface area contributed by atoms with E-state index in [0.29, 0.717) is 24.8 Å². The van der Waals surface area contributed by atoms with Gasteiger partial charge < -0.3 is 10.2 Å². The molecule has 2 rings (SSSR count). The first kappa shape index (κ1) is 14.9. The van der Waals surface area contributed by atoms with Gasteiger partial charge in [-0.05, 0) is 37.8 Å². The van der Waals surface area contributed by atoms with Crippen LogP contribution in [-0.2, 0) is 11.3 Å². The Kier molecular flexibility index (Phi) is 5.47. The molecule has 0 aliphatic carbocycles. The van der Waals surface area contributed by atoms with E-state index in [4.69, 9.17) is 0 Å². The minimum Gasteiger partial charge on any atom is -0.340 e. The third-order valence-corrected chi connectivity index (χ3v) is 4.13. The molecule has 1 aliphatic rings. The van der Waals surface area contributed by atoms with E-state index in [1.807, 2.05) is 7.05 Å². The maximum atomic E-state index is 12.3. The molecule has 0 saturated carbocycles. The first-order chi connectivity index (χ1) is 9.66. The summed E-state index contributed by atoms with van der Waals surface area (Å²) >= 11 is 0. The van der Waals surface area contributed by atoms with Gasteiger partial charge >= 0.3 is 0 Å². The molecule has 1 aromatic heterocycles. The highest BCUT2D eigenvalue weighted by Crippen LogP contribution is 2.24. The van der Waals surface area contributed by atoms with Gasteiger partial charge in [-0.1, -0.05) is 6.92 Å². The maximum Gasteiger partial charge on any atom is 0.222 e. The van der Waals surface area contributed by atoms with Crippen LogP contribution in [0.3, 0.4) is 0 Å². The topological polar surface area (TPSA) is 58.1 Å². The fourth-order valence-electron chi connectivity index (χ4n) is 2.75. The Morgan fingerprint density at radius 3 is 2.85 bits per heavy atom. The van der Waals surface area contributed by atoms with Gasteiger partial charge in [0.05, 0.1) is 18.4 Å². The number of piperidine rings is 1. The van der Waals surface area contributed by atoms with Gasteiger partial charge in [0, 0.05) is 25.9 Å². The Labute approximate surface area is 120 Å². The maximum absolute atomic E-state index is 12.3. The molecule has 2 heterocycles. The van der Waals surface area contributed by atoms with Crippen LogP contribution in [0.1, 0.15) is 31.9 Å². The average Bonchev–Trinajstić information content (AvgIpc) is 2.49. The van der Waals surface area contributed by atoms with Crippen molar-refractivity contribution in [1.82, 2.24) is 20.2 Å². The van der Waals surface area contributed by atoms with Gasteiger partial charge in [0.15, 0.2) is 0 Å². The zero-order valence-corrected chi connectivity index (χ0v) is 12.4. The van der Waals surface area contributed by atoms with Crippen molar-refractivity contribution in [3.05, 3.63) is 24.3 Å². The van der Waals surface area contributed by atoms with E-state index in [0.717, 1.165) is 18.8 Å². The van der Waals surface area contributed by atoms with Crippen LogP contribution >= 0.6 is 0 Å². The van der Waals surface area contributed by atoms with Gasteiger partial charge in [0.2, 0.25) is 5.91 Å². The fourth-order valence-corrected chi connectivity index (χ4v) is 2.75. The molecule has 1 unspecified atom stereocenters. The van der Waals surface area contributed by atoms with Gasteiger partial charge in [-0.2, -0.15) is 0 Å². The number of hydrogen-bond donors (Lipinski definition) is 1. The molecule has 1 fully saturated rings. The lowest BCUT2D eigenvalue weighted by Crippen LogP contribution is -2.34. The third kappa shape index (κ3) is 4.27. The third-order valence-electron chi connectivity index (χ3n) is 4.13. The van der Waals surface area contributed by atoms with Gasteiger partial charge in [0.25, 0.3) is 0 Å². The highest BCUT2D eigenvalue weighted by molar-refractivity contribution is 5.76. The van der Waals surface area contributed by atoms with Crippen LogP contribution in [0.4, 0.5) is 0 Å². The second kappa shape index (κ2) is 7.33. The minimum atomic E-state index is 0.196. The molecule has 5 nitrogen and oxygen atoms in total. The Morgan fingerprint density at radius 1 is 1.45 bits per heavy atom. The molecule has 110 valence electrons. The predicted molar refractivity (Wildman–Crippen MR) is 77.9 cm³/mol. The first-order valence-electron chi connectivity index (χ1n) is 7.36. The summed E-state index contributed by atoms with van der Waals surface area (Å²) in [6.07, 6.45) is 8.00. The van der Waals surface area contributed by atoms with E-state index in [1.54, 1.807) is 23.5 Å². The number of rotatable bonds is 5. The summed E-state index contributed by atoms with van der Waals surface area (Å²) in [6, 6.07) is 0. The smallest absolute Gasteiger partial charge is 0.222 e. The molecule has 1 atom stereocenters. The highest BCUT2D eigenvalue weighted by Gasteiger charge is 2.23. The van der Waals surface area contributed by atoms with Crippen molar-refractivity contribution >= 4 is 5.91 Å². The Morgan fingerprint density at radius 2 is 2.20 bits per heavy atom. The summed E-state index contributed by atoms with van der Waals surface area (Å²) in [6.45, 7) is 4.90. The fraction of sp³-hybridized carbons (Fsp3) is 0.667. The van der Waals surface area contributed by atoms with E-state index in [-0.39, 0.29) is 5.91 Å². The SMILES string of the molecule is CC(CC(=O)N(C)Cc1cnccn1)C1CCNCC1. The van der Waals surface area contributed by atoms with Crippen molar-refractivity contribution < 1.29 is 4.79 Å². The molecule has 5 heteroatoms. The van der Waals surface area contributed by atoms with Crippen molar-refractivity contribution in [1.29, 1.82) is 0 Å². The second-order valence-electron chi connectivity index (χ2n) is 5.72. The van der Waals surface area contributed by atoms with E-state index in [2.05, 4.69) is 22.2 Å². The van der Waals surface area contributed by atoms with Crippen LogP contribution in [0.2, 0.25) is 0 Å². The van der Waals surface area contributed by atoms with Crippen LogP contribution < -0.4 is 5.32 Å². The zero-order chi connectivity index (χ0) is 14.4. The molecule has 0 radical (unpaired) electrons. The van der Waals surface area contributed by atoms with Crippen molar-refractivity contribution in [3.63, 3.8) is 0 Å². The number of carbonyl (C=O) groups is 1. The van der Waals surface area contributed by atoms with E-state index in [1.165, 1.54) is 12.8 Å². The van der Waals surface area contributed by atoms with Crippen LogP contribution in [-0.4, -0.2) is 40.9 Å². The Hall–Kier alpha value is -1.49. The largest absolute Gasteiger partial charge is 0.340 e. The van der Waals surface area contributed by atoms with Crippen LogP contribution in [0.15, 0.2) is 18.6 Å². The molecule has 1 N–H and O–H groups in total. The van der Waals surface area contributed by atoms with E-state index < -0.39 is 0 Å². The molecular formula is C15H24N4O. The zero-order valence-electron chi connectivity index (χ0n) is 12.4. The van der Waals surface area contributed by atoms with Gasteiger partial charge in [-0.25, -0.2) is 0 Å². The number of amides is 1. The molecule has 1 amide bonds. The minimum absolute atomic E-state index is 0.196. The van der Waals surface area contributed by atoms with Crippen molar-refractivity contribution in [3.8, 4) is 0 Å². The Balaban J connectivity index is 1.81. The van der Waals surface area contributed by atoms with Crippen molar-refractivity contribution in [2.24, 2.45) is 11.8 Å². The Bertz CT molecular complexity index is 417. The monoisotopic (exact) mass is 276 g/mol. The summed E-state index contributed by atoms with van der Waals surface area (Å²) in [4.78, 5) is 22.2. The van der Waals surface area contributed by atoms with Crippen LogP contribution in [0, 0.1) is 11.8 Å². The number of aromatic nitrogens is 2. The van der Waals surface area contributed by atoms with E-state index >= 15 is 0 Å². The number of hydrogen-bond acceptors (Lipinski definition) is 4. The van der Waals surface area contributed by atoms with Gasteiger partial charge in [0.1, 0.15) is 0 Å². The van der Waals surface area contributed by atoms with Crippen LogP contribution in [0.25, 0.3) is 0 Å². The number of carbonyl (C=O) groups excluding carboxylic acids is 1. The van der Waals surface area contributed by atoms with Gasteiger partial charge in [-0.3, -0.25) is 14.8 Å². The summed E-state index contributed by atoms with van der Waals surface area (Å²) < 4.78 is 0. The molecular weight excluding hydrogens is 252 g/mol.